The number of piperazine rings is 1. The summed E-state index contributed by atoms with van der Waals surface area (Å²) >= 11 is 0. The van der Waals surface area contributed by atoms with E-state index in [4.69, 9.17) is 0 Å². The topological polar surface area (TPSA) is 32.3 Å². The highest BCUT2D eigenvalue weighted by atomic mass is 15.3. The average Bonchev–Trinajstić information content (AvgIpc) is 3.13. The minimum atomic E-state index is 0.889. The van der Waals surface area contributed by atoms with Gasteiger partial charge in [-0.25, -0.2) is 9.97 Å². The van der Waals surface area contributed by atoms with Crippen molar-refractivity contribution in [3.63, 3.8) is 0 Å². The standard InChI is InChI=1S/C12H18N4/c1-10-4-5-13-12(14-10)16-8-6-15(7-9-16)11-2-3-11/h4-5,11H,2-3,6-9H2,1H3. The maximum absolute atomic E-state index is 4.48. The monoisotopic (exact) mass is 218 g/mol. The molecule has 0 aromatic carbocycles. The first-order valence-corrected chi connectivity index (χ1v) is 6.11. The molecular formula is C12H18N4. The third-order valence-corrected chi connectivity index (χ3v) is 3.44. The number of anilines is 1. The summed E-state index contributed by atoms with van der Waals surface area (Å²) in [6.45, 7) is 6.50. The van der Waals surface area contributed by atoms with Crippen molar-refractivity contribution in [1.82, 2.24) is 14.9 Å². The highest BCUT2D eigenvalue weighted by Crippen LogP contribution is 2.27. The van der Waals surface area contributed by atoms with Crippen LogP contribution in [0, 0.1) is 6.92 Å². The Morgan fingerprint density at radius 2 is 1.94 bits per heavy atom. The lowest BCUT2D eigenvalue weighted by Crippen LogP contribution is -2.47. The highest BCUT2D eigenvalue weighted by Gasteiger charge is 2.31. The second kappa shape index (κ2) is 4.01. The summed E-state index contributed by atoms with van der Waals surface area (Å²) in [7, 11) is 0. The Morgan fingerprint density at radius 1 is 1.19 bits per heavy atom. The van der Waals surface area contributed by atoms with Gasteiger partial charge in [-0.1, -0.05) is 0 Å². The predicted octanol–water partition coefficient (Wildman–Crippen LogP) is 1.07. The lowest BCUT2D eigenvalue weighted by atomic mass is 10.3. The van der Waals surface area contributed by atoms with Gasteiger partial charge in [0.2, 0.25) is 5.95 Å². The van der Waals surface area contributed by atoms with E-state index in [0.717, 1.165) is 30.8 Å². The van der Waals surface area contributed by atoms with Gasteiger partial charge >= 0.3 is 0 Å². The molecule has 16 heavy (non-hydrogen) atoms. The van der Waals surface area contributed by atoms with E-state index in [2.05, 4.69) is 19.8 Å². The SMILES string of the molecule is Cc1ccnc(N2CCN(C3CC3)CC2)n1. The van der Waals surface area contributed by atoms with Crippen LogP contribution in [0.3, 0.4) is 0 Å². The van der Waals surface area contributed by atoms with Crippen LogP contribution in [-0.4, -0.2) is 47.1 Å². The van der Waals surface area contributed by atoms with Gasteiger partial charge in [0.05, 0.1) is 0 Å². The first-order chi connectivity index (χ1) is 7.83. The first kappa shape index (κ1) is 10.0. The molecule has 86 valence electrons. The Balaban J connectivity index is 1.64. The molecular weight excluding hydrogens is 200 g/mol. The smallest absolute Gasteiger partial charge is 0.225 e. The molecule has 2 heterocycles. The fourth-order valence-electron chi connectivity index (χ4n) is 2.31. The van der Waals surface area contributed by atoms with Crippen molar-refractivity contribution in [3.8, 4) is 0 Å². The molecule has 1 saturated carbocycles. The van der Waals surface area contributed by atoms with Crippen LogP contribution >= 0.6 is 0 Å². The highest BCUT2D eigenvalue weighted by molar-refractivity contribution is 5.30. The summed E-state index contributed by atoms with van der Waals surface area (Å²) in [6, 6.07) is 2.84. The molecule has 1 aliphatic heterocycles. The van der Waals surface area contributed by atoms with E-state index in [-0.39, 0.29) is 0 Å². The van der Waals surface area contributed by atoms with E-state index in [0.29, 0.717) is 0 Å². The van der Waals surface area contributed by atoms with Crippen LogP contribution < -0.4 is 4.90 Å². The zero-order chi connectivity index (χ0) is 11.0. The normalized spacial score (nSPS) is 22.4. The number of rotatable bonds is 2. The maximum Gasteiger partial charge on any atom is 0.225 e. The van der Waals surface area contributed by atoms with Crippen molar-refractivity contribution in [2.75, 3.05) is 31.1 Å². The van der Waals surface area contributed by atoms with Gasteiger partial charge in [-0.2, -0.15) is 0 Å². The van der Waals surface area contributed by atoms with Crippen LogP contribution in [0.4, 0.5) is 5.95 Å². The van der Waals surface area contributed by atoms with Gasteiger partial charge in [-0.05, 0) is 25.8 Å². The molecule has 0 atom stereocenters. The fraction of sp³-hybridized carbons (Fsp3) is 0.667. The van der Waals surface area contributed by atoms with Crippen molar-refractivity contribution < 1.29 is 0 Å². The second-order valence-electron chi connectivity index (χ2n) is 4.75. The van der Waals surface area contributed by atoms with E-state index < -0.39 is 0 Å². The molecule has 0 unspecified atom stereocenters. The van der Waals surface area contributed by atoms with Gasteiger partial charge in [0.1, 0.15) is 0 Å². The number of aromatic nitrogens is 2. The van der Waals surface area contributed by atoms with Crippen molar-refractivity contribution in [2.24, 2.45) is 0 Å². The van der Waals surface area contributed by atoms with E-state index in [1.165, 1.54) is 25.9 Å². The van der Waals surface area contributed by atoms with Crippen LogP contribution in [0.2, 0.25) is 0 Å². The largest absolute Gasteiger partial charge is 0.338 e. The number of aryl methyl sites for hydroxylation is 1. The molecule has 0 radical (unpaired) electrons. The number of nitrogens with zero attached hydrogens (tertiary/aromatic N) is 4. The summed E-state index contributed by atoms with van der Waals surface area (Å²) in [5, 5.41) is 0. The molecule has 0 amide bonds. The van der Waals surface area contributed by atoms with Crippen LogP contribution in [0.15, 0.2) is 12.3 Å². The average molecular weight is 218 g/mol. The second-order valence-corrected chi connectivity index (χ2v) is 4.75. The lowest BCUT2D eigenvalue weighted by Gasteiger charge is -2.34. The minimum absolute atomic E-state index is 0.889. The third-order valence-electron chi connectivity index (χ3n) is 3.44. The Bertz CT molecular complexity index is 367. The van der Waals surface area contributed by atoms with Crippen molar-refractivity contribution in [1.29, 1.82) is 0 Å². The van der Waals surface area contributed by atoms with Gasteiger partial charge in [0, 0.05) is 44.1 Å². The first-order valence-electron chi connectivity index (χ1n) is 6.11. The molecule has 2 fully saturated rings. The Kier molecular flexibility index (Phi) is 2.52. The van der Waals surface area contributed by atoms with Crippen LogP contribution in [0.25, 0.3) is 0 Å². The van der Waals surface area contributed by atoms with E-state index in [1.54, 1.807) is 0 Å². The minimum Gasteiger partial charge on any atom is -0.338 e. The van der Waals surface area contributed by atoms with Gasteiger partial charge in [-0.15, -0.1) is 0 Å². The van der Waals surface area contributed by atoms with E-state index in [9.17, 15) is 0 Å². The molecule has 4 nitrogen and oxygen atoms in total. The summed E-state index contributed by atoms with van der Waals surface area (Å²) in [6.07, 6.45) is 4.66. The van der Waals surface area contributed by atoms with Crippen molar-refractivity contribution in [3.05, 3.63) is 18.0 Å². The van der Waals surface area contributed by atoms with E-state index >= 15 is 0 Å². The van der Waals surface area contributed by atoms with Crippen LogP contribution in [-0.2, 0) is 0 Å². The van der Waals surface area contributed by atoms with Crippen molar-refractivity contribution in [2.45, 2.75) is 25.8 Å². The Labute approximate surface area is 96.3 Å². The van der Waals surface area contributed by atoms with Gasteiger partial charge in [0.15, 0.2) is 0 Å². The molecule has 1 aliphatic carbocycles. The lowest BCUT2D eigenvalue weighted by molar-refractivity contribution is 0.247. The summed E-state index contributed by atoms with van der Waals surface area (Å²) in [5.74, 6) is 0.899. The molecule has 1 aromatic heterocycles. The van der Waals surface area contributed by atoms with Gasteiger partial charge in [0.25, 0.3) is 0 Å². The zero-order valence-corrected chi connectivity index (χ0v) is 9.76. The molecule has 3 rings (SSSR count). The summed E-state index contributed by atoms with van der Waals surface area (Å²) < 4.78 is 0. The molecule has 0 bridgehead atoms. The Hall–Kier alpha value is -1.16. The Morgan fingerprint density at radius 3 is 2.56 bits per heavy atom. The molecule has 0 spiro atoms. The molecule has 1 aromatic rings. The molecule has 4 heteroatoms. The number of hydrogen-bond acceptors (Lipinski definition) is 4. The molecule has 2 aliphatic rings. The number of hydrogen-bond donors (Lipinski definition) is 0. The molecule has 0 N–H and O–H groups in total. The third kappa shape index (κ3) is 2.02. The maximum atomic E-state index is 4.48. The van der Waals surface area contributed by atoms with Crippen LogP contribution in [0.5, 0.6) is 0 Å². The summed E-state index contributed by atoms with van der Waals surface area (Å²) in [4.78, 5) is 13.7. The zero-order valence-electron chi connectivity index (χ0n) is 9.76. The summed E-state index contributed by atoms with van der Waals surface area (Å²) in [5.41, 5.74) is 1.05. The van der Waals surface area contributed by atoms with Crippen molar-refractivity contribution >= 4 is 5.95 Å². The van der Waals surface area contributed by atoms with E-state index in [1.807, 2.05) is 19.2 Å². The van der Waals surface area contributed by atoms with Gasteiger partial charge < -0.3 is 4.90 Å². The fourth-order valence-corrected chi connectivity index (χ4v) is 2.31. The quantitative estimate of drug-likeness (QED) is 0.743. The van der Waals surface area contributed by atoms with Crippen LogP contribution in [0.1, 0.15) is 18.5 Å². The molecule has 1 saturated heterocycles. The predicted molar refractivity (Wildman–Crippen MR) is 63.6 cm³/mol. The van der Waals surface area contributed by atoms with Gasteiger partial charge in [-0.3, -0.25) is 4.90 Å².